The summed E-state index contributed by atoms with van der Waals surface area (Å²) in [6.07, 6.45) is 4.75. The molecule has 0 fully saturated rings. The zero-order valence-electron chi connectivity index (χ0n) is 17.3. The molecule has 160 valence electrons. The Morgan fingerprint density at radius 1 is 1.19 bits per heavy atom. The van der Waals surface area contributed by atoms with Gasteiger partial charge in [-0.25, -0.2) is 0 Å². The molecule has 8 heteroatoms. The third-order valence-corrected chi connectivity index (χ3v) is 6.07. The van der Waals surface area contributed by atoms with Crippen LogP contribution in [0.1, 0.15) is 40.9 Å². The molecule has 0 aliphatic carbocycles. The SMILES string of the molecule is Cc1ccc2c(c1)CCCN2C(=O)CCCSc1ccc(NC(=O)c2ccco2)nn1. The summed E-state index contributed by atoms with van der Waals surface area (Å²) in [7, 11) is 0. The molecule has 1 aliphatic heterocycles. The van der Waals surface area contributed by atoms with Crippen LogP contribution < -0.4 is 10.2 Å². The number of carbonyl (C=O) groups excluding carboxylic acids is 2. The maximum absolute atomic E-state index is 12.7. The van der Waals surface area contributed by atoms with Crippen LogP contribution in [0.25, 0.3) is 0 Å². The second-order valence-electron chi connectivity index (χ2n) is 7.42. The van der Waals surface area contributed by atoms with Crippen LogP contribution in [0.2, 0.25) is 0 Å². The number of thioether (sulfide) groups is 1. The molecule has 7 nitrogen and oxygen atoms in total. The van der Waals surface area contributed by atoms with E-state index >= 15 is 0 Å². The first-order valence-electron chi connectivity index (χ1n) is 10.3. The summed E-state index contributed by atoms with van der Waals surface area (Å²) >= 11 is 1.55. The zero-order chi connectivity index (χ0) is 21.6. The molecule has 0 atom stereocenters. The van der Waals surface area contributed by atoms with Crippen molar-refractivity contribution in [3.63, 3.8) is 0 Å². The van der Waals surface area contributed by atoms with Crippen molar-refractivity contribution >= 4 is 35.1 Å². The summed E-state index contributed by atoms with van der Waals surface area (Å²) in [5, 5.41) is 11.5. The van der Waals surface area contributed by atoms with Gasteiger partial charge < -0.3 is 14.6 Å². The molecule has 1 N–H and O–H groups in total. The molecule has 31 heavy (non-hydrogen) atoms. The monoisotopic (exact) mass is 436 g/mol. The Hall–Kier alpha value is -3.13. The molecular formula is C23H24N4O3S. The second kappa shape index (κ2) is 9.78. The van der Waals surface area contributed by atoms with Crippen molar-refractivity contribution < 1.29 is 14.0 Å². The molecule has 3 aromatic rings. The molecule has 4 rings (SSSR count). The highest BCUT2D eigenvalue weighted by Gasteiger charge is 2.22. The second-order valence-corrected chi connectivity index (χ2v) is 8.54. The molecule has 0 saturated carbocycles. The van der Waals surface area contributed by atoms with Crippen LogP contribution >= 0.6 is 11.8 Å². The Balaban J connectivity index is 1.23. The number of fused-ring (bicyclic) bond motifs is 1. The van der Waals surface area contributed by atoms with Crippen LogP contribution in [-0.2, 0) is 11.2 Å². The Morgan fingerprint density at radius 3 is 2.87 bits per heavy atom. The molecule has 1 aliphatic rings. The minimum atomic E-state index is -0.368. The van der Waals surface area contributed by atoms with Crippen LogP contribution in [0, 0.1) is 6.92 Å². The molecule has 0 unspecified atom stereocenters. The number of furan rings is 1. The van der Waals surface area contributed by atoms with Gasteiger partial charge in [0.1, 0.15) is 5.03 Å². The van der Waals surface area contributed by atoms with E-state index in [1.165, 1.54) is 17.4 Å². The average Bonchev–Trinajstić information content (AvgIpc) is 3.32. The van der Waals surface area contributed by atoms with Gasteiger partial charge in [0.05, 0.1) is 6.26 Å². The third-order valence-electron chi connectivity index (χ3n) is 5.07. The minimum absolute atomic E-state index is 0.174. The summed E-state index contributed by atoms with van der Waals surface area (Å²) in [6, 6.07) is 13.1. The van der Waals surface area contributed by atoms with Crippen molar-refractivity contribution in [3.05, 3.63) is 65.6 Å². The lowest BCUT2D eigenvalue weighted by Gasteiger charge is -2.30. The van der Waals surface area contributed by atoms with Crippen molar-refractivity contribution in [2.75, 3.05) is 22.5 Å². The van der Waals surface area contributed by atoms with Gasteiger partial charge in [0.25, 0.3) is 5.91 Å². The van der Waals surface area contributed by atoms with Gasteiger partial charge in [-0.05, 0) is 62.1 Å². The number of hydrogen-bond donors (Lipinski definition) is 1. The summed E-state index contributed by atoms with van der Waals surface area (Å²) < 4.78 is 5.05. The number of aryl methyl sites for hydroxylation is 2. The fraction of sp³-hybridized carbons (Fsp3) is 0.304. The summed E-state index contributed by atoms with van der Waals surface area (Å²) in [5.41, 5.74) is 3.56. The molecule has 1 aromatic carbocycles. The van der Waals surface area contributed by atoms with E-state index in [-0.39, 0.29) is 17.6 Å². The van der Waals surface area contributed by atoms with Gasteiger partial charge in [0.15, 0.2) is 11.6 Å². The van der Waals surface area contributed by atoms with E-state index in [2.05, 4.69) is 40.6 Å². The highest BCUT2D eigenvalue weighted by molar-refractivity contribution is 7.99. The van der Waals surface area contributed by atoms with E-state index < -0.39 is 0 Å². The lowest BCUT2D eigenvalue weighted by molar-refractivity contribution is -0.118. The van der Waals surface area contributed by atoms with Gasteiger partial charge in [-0.1, -0.05) is 17.7 Å². The Kier molecular flexibility index (Phi) is 6.66. The largest absolute Gasteiger partial charge is 0.459 e. The van der Waals surface area contributed by atoms with E-state index in [0.29, 0.717) is 12.2 Å². The molecule has 0 bridgehead atoms. The molecule has 3 heterocycles. The van der Waals surface area contributed by atoms with Crippen molar-refractivity contribution in [1.82, 2.24) is 10.2 Å². The van der Waals surface area contributed by atoms with E-state index in [1.807, 2.05) is 4.90 Å². The van der Waals surface area contributed by atoms with Crippen molar-refractivity contribution in [1.29, 1.82) is 0 Å². The zero-order valence-corrected chi connectivity index (χ0v) is 18.2. The Labute approximate surface area is 185 Å². The van der Waals surface area contributed by atoms with Crippen molar-refractivity contribution in [3.8, 4) is 0 Å². The summed E-state index contributed by atoms with van der Waals surface area (Å²) in [4.78, 5) is 26.6. The smallest absolute Gasteiger partial charge is 0.292 e. The molecule has 0 radical (unpaired) electrons. The predicted octanol–water partition coefficient (Wildman–Crippen LogP) is 4.48. The number of amides is 2. The summed E-state index contributed by atoms with van der Waals surface area (Å²) in [6.45, 7) is 2.87. The van der Waals surface area contributed by atoms with Gasteiger partial charge in [0, 0.05) is 24.4 Å². The topological polar surface area (TPSA) is 88.3 Å². The quantitative estimate of drug-likeness (QED) is 0.434. The van der Waals surface area contributed by atoms with Crippen molar-refractivity contribution in [2.24, 2.45) is 0 Å². The highest BCUT2D eigenvalue weighted by atomic mass is 32.2. The average molecular weight is 437 g/mol. The summed E-state index contributed by atoms with van der Waals surface area (Å²) in [5.74, 6) is 1.16. The first kappa shape index (κ1) is 21.1. The Bertz CT molecular complexity index is 1050. The van der Waals surface area contributed by atoms with Crippen molar-refractivity contribution in [2.45, 2.75) is 37.6 Å². The molecule has 0 spiro atoms. The third kappa shape index (κ3) is 5.32. The number of nitrogens with zero attached hydrogens (tertiary/aromatic N) is 3. The lowest BCUT2D eigenvalue weighted by Crippen LogP contribution is -2.35. The molecule has 2 aromatic heterocycles. The van der Waals surface area contributed by atoms with E-state index in [1.54, 1.807) is 36.0 Å². The maximum atomic E-state index is 12.7. The van der Waals surface area contributed by atoms with E-state index in [4.69, 9.17) is 4.42 Å². The number of nitrogens with one attached hydrogen (secondary N) is 1. The van der Waals surface area contributed by atoms with Crippen LogP contribution in [0.3, 0.4) is 0 Å². The van der Waals surface area contributed by atoms with Gasteiger partial charge in [-0.15, -0.1) is 22.0 Å². The van der Waals surface area contributed by atoms with Gasteiger partial charge in [-0.3, -0.25) is 9.59 Å². The van der Waals surface area contributed by atoms with Crippen LogP contribution in [0.15, 0.2) is 58.2 Å². The number of rotatable bonds is 7. The fourth-order valence-electron chi connectivity index (χ4n) is 3.57. The predicted molar refractivity (Wildman–Crippen MR) is 121 cm³/mol. The minimum Gasteiger partial charge on any atom is -0.459 e. The maximum Gasteiger partial charge on any atom is 0.292 e. The fourth-order valence-corrected chi connectivity index (χ4v) is 4.33. The normalized spacial score (nSPS) is 13.0. The van der Waals surface area contributed by atoms with Gasteiger partial charge >= 0.3 is 0 Å². The number of anilines is 2. The first-order chi connectivity index (χ1) is 15.1. The number of aromatic nitrogens is 2. The standard InChI is InChI=1S/C23H24N4O3S/c1-16-8-9-18-17(15-16)5-2-12-27(18)22(28)7-4-14-31-21-11-10-20(25-26-21)24-23(29)19-6-3-13-30-19/h3,6,8-11,13,15H,2,4-5,7,12,14H2,1H3,(H,24,25,29). The highest BCUT2D eigenvalue weighted by Crippen LogP contribution is 2.29. The van der Waals surface area contributed by atoms with Crippen LogP contribution in [0.4, 0.5) is 11.5 Å². The van der Waals surface area contributed by atoms with E-state index in [9.17, 15) is 9.59 Å². The van der Waals surface area contributed by atoms with Crippen LogP contribution in [-0.4, -0.2) is 34.3 Å². The number of carbonyl (C=O) groups is 2. The lowest BCUT2D eigenvalue weighted by atomic mass is 9.99. The Morgan fingerprint density at radius 2 is 2.10 bits per heavy atom. The molecule has 2 amide bonds. The van der Waals surface area contributed by atoms with Crippen LogP contribution in [0.5, 0.6) is 0 Å². The first-order valence-corrected chi connectivity index (χ1v) is 11.3. The van der Waals surface area contributed by atoms with E-state index in [0.717, 1.165) is 42.3 Å². The number of benzene rings is 1. The van der Waals surface area contributed by atoms with Gasteiger partial charge in [0.2, 0.25) is 5.91 Å². The molecule has 0 saturated heterocycles. The molecular weight excluding hydrogens is 412 g/mol. The number of hydrogen-bond acceptors (Lipinski definition) is 6. The van der Waals surface area contributed by atoms with Gasteiger partial charge in [-0.2, -0.15) is 0 Å².